The lowest BCUT2D eigenvalue weighted by atomic mass is 10.1. The molecule has 0 unspecified atom stereocenters. The maximum Gasteiger partial charge on any atom is 0.405 e. The second kappa shape index (κ2) is 10.3. The average Bonchev–Trinajstić information content (AvgIpc) is 2.71. The van der Waals surface area contributed by atoms with Crippen LogP contribution in [0.4, 0.5) is 18.9 Å². The van der Waals surface area contributed by atoms with Crippen LogP contribution >= 0.6 is 0 Å². The predicted octanol–water partition coefficient (Wildman–Crippen LogP) is 3.58. The number of halogens is 3. The van der Waals surface area contributed by atoms with E-state index >= 15 is 0 Å². The molecule has 0 heterocycles. The fourth-order valence-corrected chi connectivity index (χ4v) is 2.46. The van der Waals surface area contributed by atoms with Crippen molar-refractivity contribution in [1.29, 1.82) is 0 Å². The molecule has 2 amide bonds. The third-order valence-electron chi connectivity index (χ3n) is 3.91. The lowest BCUT2D eigenvalue weighted by Crippen LogP contribution is -2.34. The highest BCUT2D eigenvalue weighted by Crippen LogP contribution is 2.28. The predicted molar refractivity (Wildman–Crippen MR) is 106 cm³/mol. The first kappa shape index (κ1) is 22.8. The van der Waals surface area contributed by atoms with Gasteiger partial charge in [-0.1, -0.05) is 18.2 Å². The summed E-state index contributed by atoms with van der Waals surface area (Å²) in [5.41, 5.74) is 1.74. The second-order valence-electron chi connectivity index (χ2n) is 6.20. The highest BCUT2D eigenvalue weighted by atomic mass is 19.4. The van der Waals surface area contributed by atoms with Gasteiger partial charge in [0.05, 0.1) is 20.6 Å². The van der Waals surface area contributed by atoms with Gasteiger partial charge in [0.2, 0.25) is 11.8 Å². The number of amides is 2. The fraction of sp³-hybridized carbons (Fsp3) is 0.238. The van der Waals surface area contributed by atoms with E-state index in [1.165, 1.54) is 20.3 Å². The smallest absolute Gasteiger partial charge is 0.405 e. The number of carbonyl (C=O) groups is 2. The molecule has 0 bridgehead atoms. The highest BCUT2D eigenvalue weighted by Gasteiger charge is 2.27. The van der Waals surface area contributed by atoms with Crippen molar-refractivity contribution >= 4 is 23.6 Å². The summed E-state index contributed by atoms with van der Waals surface area (Å²) in [5.74, 6) is 0.00335. The zero-order valence-electron chi connectivity index (χ0n) is 16.4. The van der Waals surface area contributed by atoms with Crippen LogP contribution in [0.2, 0.25) is 0 Å². The number of carbonyl (C=O) groups excluding carboxylic acids is 2. The van der Waals surface area contributed by atoms with Crippen LogP contribution in [-0.4, -0.2) is 38.8 Å². The van der Waals surface area contributed by atoms with E-state index < -0.39 is 18.6 Å². The topological polar surface area (TPSA) is 76.7 Å². The minimum atomic E-state index is -4.45. The van der Waals surface area contributed by atoms with Gasteiger partial charge in [0.15, 0.2) is 11.5 Å². The van der Waals surface area contributed by atoms with E-state index in [4.69, 9.17) is 9.47 Å². The Hall–Kier alpha value is -3.49. The zero-order valence-corrected chi connectivity index (χ0v) is 16.4. The van der Waals surface area contributed by atoms with Gasteiger partial charge >= 0.3 is 6.18 Å². The Morgan fingerprint density at radius 3 is 2.27 bits per heavy atom. The first-order valence-electron chi connectivity index (χ1n) is 8.83. The number of anilines is 1. The van der Waals surface area contributed by atoms with Crippen molar-refractivity contribution in [3.63, 3.8) is 0 Å². The van der Waals surface area contributed by atoms with E-state index in [0.717, 1.165) is 5.56 Å². The molecule has 160 valence electrons. The second-order valence-corrected chi connectivity index (χ2v) is 6.20. The van der Waals surface area contributed by atoms with Crippen molar-refractivity contribution in [2.45, 2.75) is 12.6 Å². The number of nitrogens with one attached hydrogen (secondary N) is 2. The minimum absolute atomic E-state index is 0.191. The molecule has 2 aromatic rings. The summed E-state index contributed by atoms with van der Waals surface area (Å²) in [6.07, 6.45) is -1.69. The van der Waals surface area contributed by atoms with Gasteiger partial charge < -0.3 is 20.1 Å². The van der Waals surface area contributed by atoms with Gasteiger partial charge in [-0.25, -0.2) is 0 Å². The highest BCUT2D eigenvalue weighted by molar-refractivity contribution is 6.02. The Kier molecular flexibility index (Phi) is 7.85. The number of alkyl halides is 3. The number of hydrogen-bond acceptors (Lipinski definition) is 4. The normalized spacial score (nSPS) is 11.2. The van der Waals surface area contributed by atoms with Crippen molar-refractivity contribution in [2.24, 2.45) is 0 Å². The molecule has 2 N–H and O–H groups in total. The largest absolute Gasteiger partial charge is 0.493 e. The number of hydrogen-bond donors (Lipinski definition) is 2. The van der Waals surface area contributed by atoms with E-state index in [-0.39, 0.29) is 12.3 Å². The third kappa shape index (κ3) is 7.50. The molecule has 0 aliphatic rings. The van der Waals surface area contributed by atoms with Crippen LogP contribution in [0.15, 0.2) is 48.5 Å². The summed E-state index contributed by atoms with van der Waals surface area (Å²) in [7, 11) is 3.04. The van der Waals surface area contributed by atoms with E-state index in [1.54, 1.807) is 53.9 Å². The van der Waals surface area contributed by atoms with Gasteiger partial charge in [0, 0.05) is 11.8 Å². The van der Waals surface area contributed by atoms with Gasteiger partial charge in [-0.2, -0.15) is 13.2 Å². The molecule has 0 radical (unpaired) electrons. The fourth-order valence-electron chi connectivity index (χ4n) is 2.46. The van der Waals surface area contributed by atoms with Crippen molar-refractivity contribution in [1.82, 2.24) is 5.32 Å². The quantitative estimate of drug-likeness (QED) is 0.638. The van der Waals surface area contributed by atoms with E-state index in [0.29, 0.717) is 22.7 Å². The van der Waals surface area contributed by atoms with Crippen molar-refractivity contribution in [2.75, 3.05) is 26.1 Å². The summed E-state index contributed by atoms with van der Waals surface area (Å²) in [6, 6.07) is 11.5. The van der Waals surface area contributed by atoms with Crippen LogP contribution in [0, 0.1) is 0 Å². The summed E-state index contributed by atoms with van der Waals surface area (Å²) in [5, 5.41) is 4.46. The average molecular weight is 422 g/mol. The molecule has 2 aromatic carbocycles. The third-order valence-corrected chi connectivity index (χ3v) is 3.91. The summed E-state index contributed by atoms with van der Waals surface area (Å²) < 4.78 is 46.7. The van der Waals surface area contributed by atoms with Gasteiger partial charge in [-0.3, -0.25) is 9.59 Å². The molecular formula is C21H21F3N2O4. The Balaban J connectivity index is 1.90. The van der Waals surface area contributed by atoms with Crippen LogP contribution in [-0.2, 0) is 16.0 Å². The van der Waals surface area contributed by atoms with E-state index in [9.17, 15) is 22.8 Å². The molecule has 0 saturated carbocycles. The zero-order chi connectivity index (χ0) is 22.1. The number of benzene rings is 2. The maximum atomic E-state index is 12.1. The summed E-state index contributed by atoms with van der Waals surface area (Å²) in [6.45, 7) is -1.37. The van der Waals surface area contributed by atoms with Gasteiger partial charge in [0.25, 0.3) is 0 Å². The first-order valence-corrected chi connectivity index (χ1v) is 8.83. The van der Waals surface area contributed by atoms with Crippen LogP contribution in [0.25, 0.3) is 6.08 Å². The molecule has 6 nitrogen and oxygen atoms in total. The minimum Gasteiger partial charge on any atom is -0.493 e. The van der Waals surface area contributed by atoms with Crippen LogP contribution < -0.4 is 20.1 Å². The lowest BCUT2D eigenvalue weighted by molar-refractivity contribution is -0.138. The Morgan fingerprint density at radius 1 is 1.00 bits per heavy atom. The Morgan fingerprint density at radius 2 is 1.67 bits per heavy atom. The molecule has 2 rings (SSSR count). The van der Waals surface area contributed by atoms with E-state index in [2.05, 4.69) is 5.32 Å². The lowest BCUT2D eigenvalue weighted by Gasteiger charge is -2.09. The van der Waals surface area contributed by atoms with Crippen molar-refractivity contribution in [3.8, 4) is 11.5 Å². The van der Waals surface area contributed by atoms with Crippen molar-refractivity contribution in [3.05, 3.63) is 59.7 Å². The molecule has 0 fully saturated rings. The molecular weight excluding hydrogens is 401 g/mol. The molecule has 0 saturated heterocycles. The number of ether oxygens (including phenoxy) is 2. The van der Waals surface area contributed by atoms with Crippen LogP contribution in [0.1, 0.15) is 11.1 Å². The first-order chi connectivity index (χ1) is 14.2. The molecule has 0 atom stereocenters. The molecule has 0 aromatic heterocycles. The van der Waals surface area contributed by atoms with Crippen LogP contribution in [0.3, 0.4) is 0 Å². The number of methoxy groups -OCH3 is 2. The Bertz CT molecular complexity index is 909. The molecule has 0 aliphatic carbocycles. The number of rotatable bonds is 8. The monoisotopic (exact) mass is 422 g/mol. The SMILES string of the molecule is COc1ccc(/C=C/C(=O)Nc2ccc(CC(=O)NCC(F)(F)F)cc2)cc1OC. The summed E-state index contributed by atoms with van der Waals surface area (Å²) >= 11 is 0. The van der Waals surface area contributed by atoms with Gasteiger partial charge in [-0.15, -0.1) is 0 Å². The van der Waals surface area contributed by atoms with E-state index in [1.807, 2.05) is 0 Å². The molecule has 30 heavy (non-hydrogen) atoms. The molecule has 9 heteroatoms. The molecule has 0 aliphatic heterocycles. The standard InChI is InChI=1S/C21H21F3N2O4/c1-29-17-9-5-14(11-18(17)30-2)6-10-19(27)26-16-7-3-15(4-8-16)12-20(28)25-13-21(22,23)24/h3-11H,12-13H2,1-2H3,(H,25,28)(H,26,27)/b10-6+. The van der Waals surface area contributed by atoms with Gasteiger partial charge in [0.1, 0.15) is 6.54 Å². The Labute approximate surface area is 171 Å². The van der Waals surface area contributed by atoms with Gasteiger partial charge in [-0.05, 0) is 41.5 Å². The summed E-state index contributed by atoms with van der Waals surface area (Å²) in [4.78, 5) is 23.6. The van der Waals surface area contributed by atoms with Crippen LogP contribution in [0.5, 0.6) is 11.5 Å². The van der Waals surface area contributed by atoms with Crippen molar-refractivity contribution < 1.29 is 32.2 Å². The molecule has 0 spiro atoms. The maximum absolute atomic E-state index is 12.1.